The third-order valence-electron chi connectivity index (χ3n) is 2.43. The molecule has 0 atom stereocenters. The summed E-state index contributed by atoms with van der Waals surface area (Å²) in [5, 5.41) is 4.00. The Morgan fingerprint density at radius 2 is 2.10 bits per heavy atom. The van der Waals surface area contributed by atoms with Gasteiger partial charge in [0.15, 0.2) is 0 Å². The fourth-order valence-corrected chi connectivity index (χ4v) is 1.90. The number of hydrogen-bond acceptors (Lipinski definition) is 6. The van der Waals surface area contributed by atoms with Crippen molar-refractivity contribution in [2.24, 2.45) is 0 Å². The Labute approximate surface area is 126 Å². The first-order valence-corrected chi connectivity index (χ1v) is 6.55. The van der Waals surface area contributed by atoms with E-state index in [9.17, 15) is 4.39 Å². The number of halogens is 2. The summed E-state index contributed by atoms with van der Waals surface area (Å²) in [7, 11) is 0. The number of nitrogen functional groups attached to an aromatic ring is 1. The van der Waals surface area contributed by atoms with Crippen LogP contribution in [0.15, 0.2) is 41.1 Å². The third-order valence-corrected chi connectivity index (χ3v) is 3.04. The molecule has 106 valence electrons. The molecule has 0 radical (unpaired) electrons. The fraction of sp³-hybridized carbons (Fsp3) is 0. The summed E-state index contributed by atoms with van der Waals surface area (Å²) in [6.07, 6.45) is 3.24. The second-order valence-electron chi connectivity index (χ2n) is 3.90. The Bertz CT molecular complexity index is 779. The van der Waals surface area contributed by atoms with E-state index in [2.05, 4.69) is 36.0 Å². The molecule has 3 aromatic rings. The van der Waals surface area contributed by atoms with E-state index in [-0.39, 0.29) is 22.4 Å². The van der Waals surface area contributed by atoms with E-state index < -0.39 is 5.82 Å². The van der Waals surface area contributed by atoms with Crippen LogP contribution in [0.25, 0.3) is 5.95 Å². The summed E-state index contributed by atoms with van der Waals surface area (Å²) in [5.74, 6) is 0.186. The highest BCUT2D eigenvalue weighted by atomic mass is 79.9. The molecule has 21 heavy (non-hydrogen) atoms. The number of rotatable bonds is 3. The van der Waals surface area contributed by atoms with Crippen LogP contribution in [0.5, 0.6) is 11.8 Å². The molecule has 0 aliphatic carbocycles. The number of anilines is 1. The van der Waals surface area contributed by atoms with Crippen LogP contribution in [0.4, 0.5) is 10.3 Å². The molecule has 1 aromatic carbocycles. The molecule has 0 spiro atoms. The monoisotopic (exact) mass is 350 g/mol. The number of hydrogen-bond donors (Lipinski definition) is 1. The van der Waals surface area contributed by atoms with Crippen molar-refractivity contribution in [3.8, 4) is 17.7 Å². The highest BCUT2D eigenvalue weighted by molar-refractivity contribution is 9.10. The third kappa shape index (κ3) is 2.97. The molecule has 0 fully saturated rings. The lowest BCUT2D eigenvalue weighted by molar-refractivity contribution is 0.436. The molecule has 0 saturated carbocycles. The first-order chi connectivity index (χ1) is 10.1. The molecular weight excluding hydrogens is 343 g/mol. The van der Waals surface area contributed by atoms with Crippen molar-refractivity contribution >= 4 is 21.9 Å². The molecule has 0 amide bonds. The van der Waals surface area contributed by atoms with E-state index in [0.29, 0.717) is 5.75 Å². The van der Waals surface area contributed by atoms with Crippen molar-refractivity contribution in [3.05, 3.63) is 46.9 Å². The van der Waals surface area contributed by atoms with Gasteiger partial charge in [0.25, 0.3) is 5.95 Å². The smallest absolute Gasteiger partial charge is 0.328 e. The van der Waals surface area contributed by atoms with Crippen molar-refractivity contribution in [1.82, 2.24) is 24.7 Å². The van der Waals surface area contributed by atoms with E-state index in [1.165, 1.54) is 22.9 Å². The summed E-state index contributed by atoms with van der Waals surface area (Å²) < 4.78 is 20.3. The molecule has 0 aliphatic rings. The maximum absolute atomic E-state index is 13.2. The van der Waals surface area contributed by atoms with Gasteiger partial charge >= 0.3 is 6.01 Å². The molecule has 2 heterocycles. The molecule has 0 unspecified atom stereocenters. The van der Waals surface area contributed by atoms with Crippen LogP contribution in [-0.2, 0) is 0 Å². The summed E-state index contributed by atoms with van der Waals surface area (Å²) in [6, 6.07) is 5.89. The Morgan fingerprint density at radius 3 is 2.81 bits per heavy atom. The van der Waals surface area contributed by atoms with Gasteiger partial charge in [-0.05, 0) is 40.2 Å². The van der Waals surface area contributed by atoms with E-state index in [1.54, 1.807) is 18.5 Å². The molecule has 7 nitrogen and oxygen atoms in total. The number of nitrogens with zero attached hydrogens (tertiary/aromatic N) is 5. The molecular formula is C12H8BrFN6O. The van der Waals surface area contributed by atoms with Crippen molar-refractivity contribution in [3.63, 3.8) is 0 Å². The zero-order chi connectivity index (χ0) is 14.8. The predicted molar refractivity (Wildman–Crippen MR) is 75.5 cm³/mol. The minimum atomic E-state index is -0.394. The van der Waals surface area contributed by atoms with Gasteiger partial charge in [-0.25, -0.2) is 9.07 Å². The van der Waals surface area contributed by atoms with Crippen LogP contribution in [0, 0.1) is 5.82 Å². The average Bonchev–Trinajstić information content (AvgIpc) is 2.96. The van der Waals surface area contributed by atoms with Crippen LogP contribution in [0.3, 0.4) is 0 Å². The standard InChI is InChI=1S/C12H8BrFN6O/c13-8-6-7(2-3-9(8)14)21-12-18-10(15)17-11(19-12)20-5-1-4-16-20/h1-6H,(H2,15,17,18,19). The van der Waals surface area contributed by atoms with Gasteiger partial charge in [0.2, 0.25) is 5.95 Å². The number of aromatic nitrogens is 5. The van der Waals surface area contributed by atoms with Gasteiger partial charge in [0.1, 0.15) is 11.6 Å². The van der Waals surface area contributed by atoms with Gasteiger partial charge < -0.3 is 10.5 Å². The van der Waals surface area contributed by atoms with Gasteiger partial charge in [-0.3, -0.25) is 0 Å². The summed E-state index contributed by atoms with van der Waals surface area (Å²) >= 11 is 3.07. The summed E-state index contributed by atoms with van der Waals surface area (Å²) in [5.41, 5.74) is 5.62. The second-order valence-corrected chi connectivity index (χ2v) is 4.76. The highest BCUT2D eigenvalue weighted by Crippen LogP contribution is 2.25. The SMILES string of the molecule is Nc1nc(Oc2ccc(F)c(Br)c2)nc(-n2cccn2)n1. The first kappa shape index (κ1) is 13.4. The molecule has 3 rings (SSSR count). The normalized spacial score (nSPS) is 10.6. The van der Waals surface area contributed by atoms with E-state index >= 15 is 0 Å². The zero-order valence-electron chi connectivity index (χ0n) is 10.4. The van der Waals surface area contributed by atoms with Crippen LogP contribution in [0.1, 0.15) is 0 Å². The van der Waals surface area contributed by atoms with Crippen molar-refractivity contribution in [1.29, 1.82) is 0 Å². The summed E-state index contributed by atoms with van der Waals surface area (Å²) in [6.45, 7) is 0. The minimum absolute atomic E-state index is 0.00771. The maximum Gasteiger partial charge on any atom is 0.328 e. The lowest BCUT2D eigenvalue weighted by Crippen LogP contribution is -2.07. The van der Waals surface area contributed by atoms with Crippen LogP contribution < -0.4 is 10.5 Å². The van der Waals surface area contributed by atoms with Crippen LogP contribution >= 0.6 is 15.9 Å². The Balaban J connectivity index is 1.93. The quantitative estimate of drug-likeness (QED) is 0.779. The largest absolute Gasteiger partial charge is 0.424 e. The van der Waals surface area contributed by atoms with E-state index in [0.717, 1.165) is 0 Å². The van der Waals surface area contributed by atoms with Gasteiger partial charge in [0.05, 0.1) is 4.47 Å². The van der Waals surface area contributed by atoms with Crippen molar-refractivity contribution in [2.45, 2.75) is 0 Å². The molecule has 9 heteroatoms. The Kier molecular flexibility index (Phi) is 3.48. The fourth-order valence-electron chi connectivity index (χ4n) is 1.54. The lowest BCUT2D eigenvalue weighted by Gasteiger charge is -2.06. The van der Waals surface area contributed by atoms with Crippen molar-refractivity contribution in [2.75, 3.05) is 5.73 Å². The van der Waals surface area contributed by atoms with Crippen molar-refractivity contribution < 1.29 is 9.13 Å². The Hall–Kier alpha value is -2.55. The highest BCUT2D eigenvalue weighted by Gasteiger charge is 2.09. The predicted octanol–water partition coefficient (Wildman–Crippen LogP) is 2.33. The molecule has 0 saturated heterocycles. The van der Waals surface area contributed by atoms with E-state index in [4.69, 9.17) is 10.5 Å². The molecule has 0 bridgehead atoms. The zero-order valence-corrected chi connectivity index (χ0v) is 12.0. The van der Waals surface area contributed by atoms with Crippen LogP contribution in [-0.4, -0.2) is 24.7 Å². The first-order valence-electron chi connectivity index (χ1n) is 5.76. The second kappa shape index (κ2) is 5.44. The summed E-state index contributed by atoms with van der Waals surface area (Å²) in [4.78, 5) is 11.9. The average molecular weight is 351 g/mol. The van der Waals surface area contributed by atoms with Crippen LogP contribution in [0.2, 0.25) is 0 Å². The van der Waals surface area contributed by atoms with Gasteiger partial charge in [-0.2, -0.15) is 20.1 Å². The number of nitrogens with two attached hydrogens (primary N) is 1. The lowest BCUT2D eigenvalue weighted by atomic mass is 10.3. The Morgan fingerprint density at radius 1 is 1.24 bits per heavy atom. The molecule has 2 N–H and O–H groups in total. The minimum Gasteiger partial charge on any atom is -0.424 e. The topological polar surface area (TPSA) is 91.7 Å². The molecule has 0 aliphatic heterocycles. The number of benzene rings is 1. The van der Waals surface area contributed by atoms with Gasteiger partial charge in [0, 0.05) is 12.4 Å². The van der Waals surface area contributed by atoms with E-state index in [1.807, 2.05) is 0 Å². The molecule has 2 aromatic heterocycles. The maximum atomic E-state index is 13.2. The van der Waals surface area contributed by atoms with Gasteiger partial charge in [-0.1, -0.05) is 0 Å². The van der Waals surface area contributed by atoms with Gasteiger partial charge in [-0.15, -0.1) is 0 Å². The number of ether oxygens (including phenoxy) is 1.